The molecule has 1 rings (SSSR count). The molecule has 3 atom stereocenters. The summed E-state index contributed by atoms with van der Waals surface area (Å²) in [4.78, 5) is 2.35. The SMILES string of the molecule is FC1=NC(F)C(F)OC1F. The first-order valence-electron chi connectivity index (χ1n) is 2.42. The molecule has 3 unspecified atom stereocenters. The molecule has 0 fully saturated rings. The van der Waals surface area contributed by atoms with Gasteiger partial charge in [0.25, 0.3) is 12.7 Å². The van der Waals surface area contributed by atoms with E-state index in [1.54, 1.807) is 0 Å². The van der Waals surface area contributed by atoms with E-state index in [9.17, 15) is 17.6 Å². The molecule has 58 valence electrons. The minimum Gasteiger partial charge on any atom is -0.302 e. The average Bonchev–Trinajstić information content (AvgIpc) is 1.84. The van der Waals surface area contributed by atoms with Gasteiger partial charge in [-0.15, -0.1) is 0 Å². The maximum absolute atomic E-state index is 11.9. The lowest BCUT2D eigenvalue weighted by atomic mass is 10.5. The Hall–Kier alpha value is -0.650. The molecule has 0 aromatic heterocycles. The molecule has 10 heavy (non-hydrogen) atoms. The predicted octanol–water partition coefficient (Wildman–Crippen LogP) is 1.27. The maximum Gasteiger partial charge on any atom is 0.271 e. The highest BCUT2D eigenvalue weighted by atomic mass is 19.2. The van der Waals surface area contributed by atoms with Crippen LogP contribution >= 0.6 is 0 Å². The van der Waals surface area contributed by atoms with Crippen molar-refractivity contribution < 1.29 is 22.3 Å². The van der Waals surface area contributed by atoms with Crippen LogP contribution in [0.2, 0.25) is 0 Å². The lowest BCUT2D eigenvalue weighted by molar-refractivity contribution is -0.152. The van der Waals surface area contributed by atoms with Crippen molar-refractivity contribution in [3.05, 3.63) is 0 Å². The van der Waals surface area contributed by atoms with Crippen molar-refractivity contribution >= 4 is 5.97 Å². The molecule has 0 aromatic carbocycles. The largest absolute Gasteiger partial charge is 0.302 e. The van der Waals surface area contributed by atoms with Crippen LogP contribution in [0.1, 0.15) is 0 Å². The Morgan fingerprint density at radius 2 is 1.90 bits per heavy atom. The van der Waals surface area contributed by atoms with Crippen molar-refractivity contribution in [3.63, 3.8) is 0 Å². The summed E-state index contributed by atoms with van der Waals surface area (Å²) in [6, 6.07) is 0. The van der Waals surface area contributed by atoms with Crippen molar-refractivity contribution in [1.82, 2.24) is 0 Å². The van der Waals surface area contributed by atoms with Gasteiger partial charge in [-0.05, 0) is 0 Å². The van der Waals surface area contributed by atoms with E-state index in [-0.39, 0.29) is 0 Å². The van der Waals surface area contributed by atoms with E-state index >= 15 is 0 Å². The summed E-state index contributed by atoms with van der Waals surface area (Å²) in [6.45, 7) is 0. The van der Waals surface area contributed by atoms with Gasteiger partial charge in [0.05, 0.1) is 0 Å². The van der Waals surface area contributed by atoms with Crippen LogP contribution in [0.5, 0.6) is 0 Å². The fourth-order valence-corrected chi connectivity index (χ4v) is 0.470. The second-order valence-electron chi connectivity index (χ2n) is 1.63. The van der Waals surface area contributed by atoms with Gasteiger partial charge in [0.15, 0.2) is 0 Å². The summed E-state index contributed by atoms with van der Waals surface area (Å²) >= 11 is 0. The topological polar surface area (TPSA) is 21.6 Å². The molecule has 0 N–H and O–H groups in total. The number of nitrogens with zero attached hydrogens (tertiary/aromatic N) is 1. The third kappa shape index (κ3) is 1.26. The monoisotopic (exact) mass is 157 g/mol. The summed E-state index contributed by atoms with van der Waals surface area (Å²) in [7, 11) is 0. The molecular weight excluding hydrogens is 154 g/mol. The van der Waals surface area contributed by atoms with Crippen LogP contribution < -0.4 is 0 Å². The molecule has 0 aliphatic carbocycles. The van der Waals surface area contributed by atoms with Gasteiger partial charge in [-0.2, -0.15) is 4.39 Å². The first kappa shape index (κ1) is 7.46. The summed E-state index contributed by atoms with van der Waals surface area (Å²) in [5, 5.41) is 0. The van der Waals surface area contributed by atoms with Crippen LogP contribution in [0.4, 0.5) is 17.6 Å². The van der Waals surface area contributed by atoms with Crippen LogP contribution in [0, 0.1) is 0 Å². The first-order valence-corrected chi connectivity index (χ1v) is 2.42. The standard InChI is InChI=1S/C4H3F4NO/c5-1-3(7)10-4(8)2(6)9-1/h1,3-4H. The van der Waals surface area contributed by atoms with E-state index in [1.165, 1.54) is 0 Å². The number of alkyl halides is 3. The Morgan fingerprint density at radius 3 is 2.40 bits per heavy atom. The molecule has 1 aliphatic rings. The number of hydrogen-bond donors (Lipinski definition) is 0. The normalized spacial score (nSPS) is 41.2. The van der Waals surface area contributed by atoms with E-state index in [1.807, 2.05) is 0 Å². The van der Waals surface area contributed by atoms with Crippen LogP contribution in [-0.2, 0) is 4.74 Å². The molecule has 0 bridgehead atoms. The molecule has 0 saturated carbocycles. The van der Waals surface area contributed by atoms with Gasteiger partial charge in [-0.3, -0.25) is 0 Å². The summed E-state index contributed by atoms with van der Waals surface area (Å²) < 4.78 is 51.0. The highest BCUT2D eigenvalue weighted by molar-refractivity contribution is 5.78. The van der Waals surface area contributed by atoms with Crippen LogP contribution in [0.25, 0.3) is 0 Å². The summed E-state index contributed by atoms with van der Waals surface area (Å²) in [6.07, 6.45) is -7.52. The highest BCUT2D eigenvalue weighted by Crippen LogP contribution is 2.18. The minimum atomic E-state index is -2.57. The van der Waals surface area contributed by atoms with E-state index in [0.29, 0.717) is 0 Å². The van der Waals surface area contributed by atoms with Gasteiger partial charge < -0.3 is 4.74 Å². The molecule has 1 heterocycles. The molecule has 0 aromatic rings. The number of halogens is 4. The average molecular weight is 157 g/mol. The zero-order valence-corrected chi connectivity index (χ0v) is 4.60. The number of aliphatic imine (C=N–C) groups is 1. The van der Waals surface area contributed by atoms with Crippen LogP contribution in [-0.4, -0.2) is 25.0 Å². The number of hydrogen-bond acceptors (Lipinski definition) is 2. The quantitative estimate of drug-likeness (QED) is 0.383. The van der Waals surface area contributed by atoms with E-state index in [4.69, 9.17) is 0 Å². The fourth-order valence-electron chi connectivity index (χ4n) is 0.470. The smallest absolute Gasteiger partial charge is 0.271 e. The second kappa shape index (κ2) is 2.53. The van der Waals surface area contributed by atoms with Gasteiger partial charge >= 0.3 is 0 Å². The Kier molecular flexibility index (Phi) is 1.89. The number of ether oxygens (including phenoxy) is 1. The maximum atomic E-state index is 11.9. The van der Waals surface area contributed by atoms with Crippen LogP contribution in [0.15, 0.2) is 4.99 Å². The Morgan fingerprint density at radius 1 is 1.30 bits per heavy atom. The van der Waals surface area contributed by atoms with Crippen molar-refractivity contribution in [3.8, 4) is 0 Å². The van der Waals surface area contributed by atoms with Crippen molar-refractivity contribution in [1.29, 1.82) is 0 Å². The molecule has 0 spiro atoms. The van der Waals surface area contributed by atoms with Crippen LogP contribution in [0.3, 0.4) is 0 Å². The third-order valence-corrected chi connectivity index (χ3v) is 0.900. The van der Waals surface area contributed by atoms with E-state index in [2.05, 4.69) is 9.73 Å². The minimum absolute atomic E-state index is 1.67. The second-order valence-corrected chi connectivity index (χ2v) is 1.63. The Bertz CT molecular complexity index is 161. The molecule has 2 nitrogen and oxygen atoms in total. The lowest BCUT2D eigenvalue weighted by Crippen LogP contribution is -2.33. The van der Waals surface area contributed by atoms with Gasteiger partial charge in [-0.1, -0.05) is 0 Å². The van der Waals surface area contributed by atoms with Crippen molar-refractivity contribution in [2.75, 3.05) is 0 Å². The zero-order chi connectivity index (χ0) is 7.72. The van der Waals surface area contributed by atoms with Gasteiger partial charge in [0.2, 0.25) is 12.3 Å². The van der Waals surface area contributed by atoms with Crippen molar-refractivity contribution in [2.45, 2.75) is 19.0 Å². The third-order valence-electron chi connectivity index (χ3n) is 0.900. The van der Waals surface area contributed by atoms with Gasteiger partial charge in [0.1, 0.15) is 0 Å². The molecule has 0 saturated heterocycles. The fraction of sp³-hybridized carbons (Fsp3) is 0.750. The molecule has 6 heteroatoms. The molecule has 0 radical (unpaired) electrons. The molecular formula is C4H3F4NO. The van der Waals surface area contributed by atoms with Crippen molar-refractivity contribution in [2.24, 2.45) is 4.99 Å². The number of rotatable bonds is 0. The lowest BCUT2D eigenvalue weighted by Gasteiger charge is -2.17. The van der Waals surface area contributed by atoms with Gasteiger partial charge in [0, 0.05) is 0 Å². The molecule has 0 amide bonds. The van der Waals surface area contributed by atoms with E-state index in [0.717, 1.165) is 0 Å². The summed E-state index contributed by atoms with van der Waals surface area (Å²) in [5.74, 6) is -1.67. The summed E-state index contributed by atoms with van der Waals surface area (Å²) in [5.41, 5.74) is 0. The van der Waals surface area contributed by atoms with E-state index < -0.39 is 25.0 Å². The van der Waals surface area contributed by atoms with Gasteiger partial charge in [-0.25, -0.2) is 18.2 Å². The first-order chi connectivity index (χ1) is 4.61. The molecule has 1 aliphatic heterocycles. The Labute approximate surface area is 53.5 Å². The zero-order valence-electron chi connectivity index (χ0n) is 4.60. The Balaban J connectivity index is 2.69. The predicted molar refractivity (Wildman–Crippen MR) is 24.3 cm³/mol. The highest BCUT2D eigenvalue weighted by Gasteiger charge is 2.33.